The smallest absolute Gasteiger partial charge is 0.326 e. The van der Waals surface area contributed by atoms with Crippen LogP contribution in [-0.4, -0.2) is 75.3 Å². The maximum absolute atomic E-state index is 12.8. The molecule has 0 spiro atoms. The summed E-state index contributed by atoms with van der Waals surface area (Å²) in [6.07, 6.45) is 0.992. The highest BCUT2D eigenvalue weighted by Crippen LogP contribution is 2.19. The van der Waals surface area contributed by atoms with Gasteiger partial charge >= 0.3 is 5.97 Å². The molecule has 2 rings (SSSR count). The normalized spacial score (nSPS) is 18.7. The Hall–Kier alpha value is -2.79. The van der Waals surface area contributed by atoms with Crippen molar-refractivity contribution < 1.29 is 29.4 Å². The van der Waals surface area contributed by atoms with Crippen molar-refractivity contribution in [1.82, 2.24) is 15.5 Å². The molecule has 0 radical (unpaired) electrons. The van der Waals surface area contributed by atoms with Gasteiger partial charge in [-0.1, -0.05) is 12.1 Å². The van der Waals surface area contributed by atoms with Crippen LogP contribution in [0.1, 0.15) is 25.3 Å². The van der Waals surface area contributed by atoms with E-state index in [0.29, 0.717) is 24.9 Å². The average Bonchev–Trinajstić information content (AvgIpc) is 3.23. The van der Waals surface area contributed by atoms with Crippen molar-refractivity contribution >= 4 is 36.3 Å². The summed E-state index contributed by atoms with van der Waals surface area (Å²) >= 11 is 3.95. The summed E-state index contributed by atoms with van der Waals surface area (Å²) in [6, 6.07) is 2.25. The van der Waals surface area contributed by atoms with Gasteiger partial charge < -0.3 is 31.5 Å². The Morgan fingerprint density at radius 2 is 1.87 bits per heavy atom. The van der Waals surface area contributed by atoms with Crippen LogP contribution in [0.4, 0.5) is 0 Å². The monoisotopic (exact) mass is 452 g/mol. The Labute approximate surface area is 185 Å². The van der Waals surface area contributed by atoms with Crippen LogP contribution in [0.15, 0.2) is 24.3 Å². The first-order valence-electron chi connectivity index (χ1n) is 9.92. The Bertz CT molecular complexity index is 818. The minimum absolute atomic E-state index is 0.0239. The molecule has 1 saturated heterocycles. The molecule has 0 aromatic heterocycles. The molecule has 10 nitrogen and oxygen atoms in total. The quantitative estimate of drug-likeness (QED) is 0.269. The fourth-order valence-corrected chi connectivity index (χ4v) is 3.52. The number of hydrogen-bond acceptors (Lipinski definition) is 7. The zero-order chi connectivity index (χ0) is 23.1. The number of thiol groups is 1. The maximum atomic E-state index is 12.8. The van der Waals surface area contributed by atoms with Crippen LogP contribution in [0.2, 0.25) is 0 Å². The number of nitrogens with one attached hydrogen (secondary N) is 2. The number of nitrogens with zero attached hydrogens (tertiary/aromatic N) is 1. The van der Waals surface area contributed by atoms with Gasteiger partial charge in [0, 0.05) is 18.7 Å². The number of carbonyl (C=O) groups is 4. The van der Waals surface area contributed by atoms with Gasteiger partial charge in [0.15, 0.2) is 0 Å². The number of phenolic OH excluding ortho intramolecular Hbond substituents is 1. The molecule has 170 valence electrons. The highest BCUT2D eigenvalue weighted by molar-refractivity contribution is 7.80. The predicted octanol–water partition coefficient (Wildman–Crippen LogP) is -0.743. The first-order chi connectivity index (χ1) is 14.6. The molecule has 31 heavy (non-hydrogen) atoms. The lowest BCUT2D eigenvalue weighted by molar-refractivity contribution is -0.144. The molecule has 3 amide bonds. The molecular formula is C20H28N4O6S. The summed E-state index contributed by atoms with van der Waals surface area (Å²) < 4.78 is 0. The highest BCUT2D eigenvalue weighted by atomic mass is 32.1. The molecule has 4 atom stereocenters. The fraction of sp³-hybridized carbons (Fsp3) is 0.500. The van der Waals surface area contributed by atoms with E-state index in [4.69, 9.17) is 5.73 Å². The van der Waals surface area contributed by atoms with Crippen molar-refractivity contribution in [1.29, 1.82) is 0 Å². The number of aliphatic carboxylic acids is 1. The SMILES string of the molecule is CC(NC(=O)C(N)CS)C(=O)N1CCCC1C(=O)NC(Cc1ccc(O)cc1)C(=O)O. The average molecular weight is 453 g/mol. The second-order valence-corrected chi connectivity index (χ2v) is 7.84. The third-order valence-electron chi connectivity index (χ3n) is 5.09. The van der Waals surface area contributed by atoms with E-state index >= 15 is 0 Å². The zero-order valence-corrected chi connectivity index (χ0v) is 18.0. The summed E-state index contributed by atoms with van der Waals surface area (Å²) in [7, 11) is 0. The van der Waals surface area contributed by atoms with Gasteiger partial charge in [0.2, 0.25) is 17.7 Å². The van der Waals surface area contributed by atoms with Crippen LogP contribution in [-0.2, 0) is 25.6 Å². The topological polar surface area (TPSA) is 162 Å². The summed E-state index contributed by atoms with van der Waals surface area (Å²) in [6.45, 7) is 1.83. The zero-order valence-electron chi connectivity index (χ0n) is 17.2. The molecule has 1 aromatic rings. The van der Waals surface area contributed by atoms with Crippen molar-refractivity contribution in [2.24, 2.45) is 5.73 Å². The number of carbonyl (C=O) groups excluding carboxylic acids is 3. The Balaban J connectivity index is 2.03. The largest absolute Gasteiger partial charge is 0.508 e. The minimum atomic E-state index is -1.21. The molecule has 1 aromatic carbocycles. The number of benzene rings is 1. The van der Waals surface area contributed by atoms with Crippen molar-refractivity contribution in [2.45, 2.75) is 50.4 Å². The maximum Gasteiger partial charge on any atom is 0.326 e. The summed E-state index contributed by atoms with van der Waals surface area (Å²) in [5, 5.41) is 23.9. The number of amides is 3. The molecule has 11 heteroatoms. The summed E-state index contributed by atoms with van der Waals surface area (Å²) in [5.74, 6) is -2.56. The van der Waals surface area contributed by atoms with Gasteiger partial charge in [-0.15, -0.1) is 0 Å². The number of carboxylic acid groups (broad SMARTS) is 1. The Kier molecular flexibility index (Phi) is 8.69. The van der Waals surface area contributed by atoms with Crippen LogP contribution < -0.4 is 16.4 Å². The molecular weight excluding hydrogens is 424 g/mol. The van der Waals surface area contributed by atoms with E-state index in [0.717, 1.165) is 0 Å². The van der Waals surface area contributed by atoms with Crippen molar-refractivity contribution in [2.75, 3.05) is 12.3 Å². The number of phenols is 1. The standard InChI is InChI=1S/C20H28N4O6S/c1-11(22-17(26)14(21)10-31)19(28)24-8-2-3-16(24)18(27)23-15(20(29)30)9-12-4-6-13(25)7-5-12/h4-7,11,14-16,25,31H,2-3,8-10,21H2,1H3,(H,22,26)(H,23,27)(H,29,30). The lowest BCUT2D eigenvalue weighted by atomic mass is 10.0. The summed E-state index contributed by atoms with van der Waals surface area (Å²) in [5.41, 5.74) is 6.23. The van der Waals surface area contributed by atoms with E-state index in [1.54, 1.807) is 12.1 Å². The minimum Gasteiger partial charge on any atom is -0.508 e. The van der Waals surface area contributed by atoms with Gasteiger partial charge in [0.25, 0.3) is 0 Å². The third kappa shape index (κ3) is 6.59. The van der Waals surface area contributed by atoms with Crippen molar-refractivity contribution in [3.05, 3.63) is 29.8 Å². The van der Waals surface area contributed by atoms with E-state index < -0.39 is 47.9 Å². The molecule has 6 N–H and O–H groups in total. The van der Waals surface area contributed by atoms with Gasteiger partial charge in [-0.05, 0) is 37.5 Å². The number of carboxylic acids is 1. The molecule has 4 unspecified atom stereocenters. The van der Waals surface area contributed by atoms with Crippen molar-refractivity contribution in [3.63, 3.8) is 0 Å². The first kappa shape index (κ1) is 24.5. The number of likely N-dealkylation sites (tertiary alicyclic amines) is 1. The Morgan fingerprint density at radius 1 is 1.23 bits per heavy atom. The number of hydrogen-bond donors (Lipinski definition) is 6. The second-order valence-electron chi connectivity index (χ2n) is 7.48. The van der Waals surface area contributed by atoms with Gasteiger partial charge in [-0.3, -0.25) is 14.4 Å². The first-order valence-corrected chi connectivity index (χ1v) is 10.6. The predicted molar refractivity (Wildman–Crippen MR) is 116 cm³/mol. The Morgan fingerprint density at radius 3 is 2.45 bits per heavy atom. The van der Waals surface area contributed by atoms with Crippen LogP contribution in [0, 0.1) is 0 Å². The van der Waals surface area contributed by atoms with E-state index in [9.17, 15) is 29.4 Å². The molecule has 1 aliphatic heterocycles. The van der Waals surface area contributed by atoms with Crippen molar-refractivity contribution in [3.8, 4) is 5.75 Å². The fourth-order valence-electron chi connectivity index (χ4n) is 3.35. The molecule has 1 aliphatic rings. The van der Waals surface area contributed by atoms with E-state index in [1.807, 2.05) is 0 Å². The summed E-state index contributed by atoms with van der Waals surface area (Å²) in [4.78, 5) is 50.5. The molecule has 1 heterocycles. The second kappa shape index (κ2) is 11.0. The van der Waals surface area contributed by atoms with Gasteiger partial charge in [-0.25, -0.2) is 4.79 Å². The van der Waals surface area contributed by atoms with Crippen LogP contribution >= 0.6 is 12.6 Å². The third-order valence-corrected chi connectivity index (χ3v) is 5.49. The molecule has 0 saturated carbocycles. The molecule has 1 fully saturated rings. The lowest BCUT2D eigenvalue weighted by Crippen LogP contribution is -2.56. The molecule has 0 aliphatic carbocycles. The van der Waals surface area contributed by atoms with Gasteiger partial charge in [0.05, 0.1) is 6.04 Å². The van der Waals surface area contributed by atoms with E-state index in [1.165, 1.54) is 24.0 Å². The van der Waals surface area contributed by atoms with Gasteiger partial charge in [0.1, 0.15) is 23.9 Å². The van der Waals surface area contributed by atoms with Gasteiger partial charge in [-0.2, -0.15) is 12.6 Å². The van der Waals surface area contributed by atoms with Crippen LogP contribution in [0.25, 0.3) is 0 Å². The lowest BCUT2D eigenvalue weighted by Gasteiger charge is -2.28. The molecule has 0 bridgehead atoms. The van der Waals surface area contributed by atoms with E-state index in [-0.39, 0.29) is 17.9 Å². The number of aromatic hydroxyl groups is 1. The number of nitrogens with two attached hydrogens (primary N) is 1. The number of rotatable bonds is 9. The van der Waals surface area contributed by atoms with Crippen LogP contribution in [0.5, 0.6) is 5.75 Å². The van der Waals surface area contributed by atoms with Crippen LogP contribution in [0.3, 0.4) is 0 Å². The van der Waals surface area contributed by atoms with E-state index in [2.05, 4.69) is 23.3 Å². The highest BCUT2D eigenvalue weighted by Gasteiger charge is 2.37.